The van der Waals surface area contributed by atoms with Gasteiger partial charge in [-0.3, -0.25) is 0 Å². The van der Waals surface area contributed by atoms with Gasteiger partial charge in [0.25, 0.3) is 0 Å². The van der Waals surface area contributed by atoms with E-state index >= 15 is 0 Å². The second-order valence-electron chi connectivity index (χ2n) is 16.4. The Hall–Kier alpha value is -7.36. The van der Waals surface area contributed by atoms with E-state index in [2.05, 4.69) is 207 Å². The Morgan fingerprint density at radius 2 is 0.983 bits per heavy atom. The molecular formula is C56H39NO2. The molecule has 1 unspecified atom stereocenters. The number of hydrogen-bond acceptors (Lipinski definition) is 3. The van der Waals surface area contributed by atoms with E-state index in [0.717, 1.165) is 72.4 Å². The van der Waals surface area contributed by atoms with E-state index in [0.29, 0.717) is 0 Å². The van der Waals surface area contributed by atoms with Gasteiger partial charge in [-0.15, -0.1) is 0 Å². The third-order valence-electron chi connectivity index (χ3n) is 13.0. The molecule has 1 spiro atoms. The minimum atomic E-state index is -0.669. The Balaban J connectivity index is 1.15. The molecule has 1 atom stereocenters. The van der Waals surface area contributed by atoms with Crippen LogP contribution in [0.25, 0.3) is 43.8 Å². The number of hydrogen-bond donors (Lipinski definition) is 0. The molecule has 59 heavy (non-hydrogen) atoms. The fraction of sp³-hybridized carbons (Fsp3) is 0.0714. The van der Waals surface area contributed by atoms with Crippen molar-refractivity contribution in [1.29, 1.82) is 0 Å². The summed E-state index contributed by atoms with van der Waals surface area (Å²) in [7, 11) is 0. The van der Waals surface area contributed by atoms with E-state index in [1.165, 1.54) is 33.4 Å². The van der Waals surface area contributed by atoms with Crippen molar-refractivity contribution >= 4 is 49.8 Å². The fourth-order valence-corrected chi connectivity index (χ4v) is 10.3. The van der Waals surface area contributed by atoms with Gasteiger partial charge in [-0.05, 0) is 87.3 Å². The molecule has 0 amide bonds. The summed E-state index contributed by atoms with van der Waals surface area (Å²) in [4.78, 5) is 2.38. The first-order valence-electron chi connectivity index (χ1n) is 20.4. The molecule has 2 aliphatic rings. The van der Waals surface area contributed by atoms with Crippen molar-refractivity contribution in [2.75, 3.05) is 4.90 Å². The summed E-state index contributed by atoms with van der Waals surface area (Å²) in [5.74, 6) is 1.79. The average molecular weight is 758 g/mol. The molecule has 12 rings (SSSR count). The summed E-state index contributed by atoms with van der Waals surface area (Å²) in [6.45, 7) is 4.75. The van der Waals surface area contributed by atoms with Crippen LogP contribution < -0.4 is 9.64 Å². The van der Waals surface area contributed by atoms with E-state index in [9.17, 15) is 0 Å². The van der Waals surface area contributed by atoms with Gasteiger partial charge >= 0.3 is 0 Å². The van der Waals surface area contributed by atoms with Gasteiger partial charge < -0.3 is 14.1 Å². The lowest BCUT2D eigenvalue weighted by molar-refractivity contribution is 0.430. The van der Waals surface area contributed by atoms with Crippen LogP contribution in [0.2, 0.25) is 0 Å². The maximum absolute atomic E-state index is 7.01. The molecule has 0 N–H and O–H groups in total. The van der Waals surface area contributed by atoms with Crippen molar-refractivity contribution in [3.63, 3.8) is 0 Å². The topological polar surface area (TPSA) is 25.6 Å². The Bertz CT molecular complexity index is 3290. The molecule has 0 fully saturated rings. The van der Waals surface area contributed by atoms with Crippen LogP contribution in [-0.2, 0) is 10.8 Å². The average Bonchev–Trinajstić information content (AvgIpc) is 3.66. The lowest BCUT2D eigenvalue weighted by atomic mass is 9.53. The van der Waals surface area contributed by atoms with Crippen molar-refractivity contribution < 1.29 is 9.15 Å². The van der Waals surface area contributed by atoms with Crippen molar-refractivity contribution in [2.45, 2.75) is 24.7 Å². The van der Waals surface area contributed by atoms with Gasteiger partial charge in [-0.2, -0.15) is 0 Å². The van der Waals surface area contributed by atoms with Gasteiger partial charge in [0.1, 0.15) is 22.7 Å². The SMILES string of the molecule is CC1(C)c2ccccc2C2(c3ccccc3Oc3c2ccc2ccccc32)c2cc(N(c3ccc(-c4ccccc4)cc3)c3ccc4c(c3)oc3ccccc34)ccc21. The molecule has 10 aromatic rings. The third-order valence-corrected chi connectivity index (χ3v) is 13.0. The van der Waals surface area contributed by atoms with Crippen LogP contribution >= 0.6 is 0 Å². The largest absolute Gasteiger partial charge is 0.456 e. The summed E-state index contributed by atoms with van der Waals surface area (Å²) in [6, 6.07) is 72.5. The lowest BCUT2D eigenvalue weighted by Crippen LogP contribution is -2.43. The summed E-state index contributed by atoms with van der Waals surface area (Å²) >= 11 is 0. The van der Waals surface area contributed by atoms with Crippen LogP contribution in [0.3, 0.4) is 0 Å². The molecule has 1 aliphatic carbocycles. The number of nitrogens with zero attached hydrogens (tertiary/aromatic N) is 1. The fourth-order valence-electron chi connectivity index (χ4n) is 10.3. The second-order valence-corrected chi connectivity index (χ2v) is 16.4. The summed E-state index contributed by atoms with van der Waals surface area (Å²) < 4.78 is 13.5. The van der Waals surface area contributed by atoms with Crippen LogP contribution in [0.15, 0.2) is 205 Å². The zero-order valence-corrected chi connectivity index (χ0v) is 32.8. The third kappa shape index (κ3) is 4.82. The quantitative estimate of drug-likeness (QED) is 0.179. The van der Waals surface area contributed by atoms with Gasteiger partial charge in [-0.1, -0.05) is 159 Å². The van der Waals surface area contributed by atoms with Crippen LogP contribution in [-0.4, -0.2) is 0 Å². The van der Waals surface area contributed by atoms with Crippen LogP contribution in [0.4, 0.5) is 17.1 Å². The van der Waals surface area contributed by atoms with E-state index in [1.807, 2.05) is 12.1 Å². The number of anilines is 3. The normalized spacial score (nSPS) is 16.0. The molecule has 0 radical (unpaired) electrons. The van der Waals surface area contributed by atoms with Crippen molar-refractivity contribution in [1.82, 2.24) is 0 Å². The van der Waals surface area contributed by atoms with Gasteiger partial charge in [0, 0.05) is 55.8 Å². The number of rotatable bonds is 4. The Morgan fingerprint density at radius 1 is 0.390 bits per heavy atom. The van der Waals surface area contributed by atoms with E-state index in [4.69, 9.17) is 9.15 Å². The molecule has 280 valence electrons. The number of benzene rings is 9. The highest BCUT2D eigenvalue weighted by Crippen LogP contribution is 2.63. The predicted octanol–water partition coefficient (Wildman–Crippen LogP) is 15.0. The summed E-state index contributed by atoms with van der Waals surface area (Å²) in [5.41, 5.74) is 13.7. The van der Waals surface area contributed by atoms with E-state index in [1.54, 1.807) is 0 Å². The van der Waals surface area contributed by atoms with E-state index < -0.39 is 5.41 Å². The van der Waals surface area contributed by atoms with Gasteiger partial charge in [0.05, 0.1) is 5.41 Å². The molecule has 2 heterocycles. The molecule has 0 saturated heterocycles. The van der Waals surface area contributed by atoms with Crippen LogP contribution in [0.5, 0.6) is 11.5 Å². The van der Waals surface area contributed by atoms with Crippen LogP contribution in [0, 0.1) is 0 Å². The first kappa shape index (κ1) is 33.7. The zero-order chi connectivity index (χ0) is 39.3. The maximum Gasteiger partial charge on any atom is 0.140 e. The smallest absolute Gasteiger partial charge is 0.140 e. The van der Waals surface area contributed by atoms with Gasteiger partial charge in [0.15, 0.2) is 0 Å². The molecular weight excluding hydrogens is 719 g/mol. The number of furan rings is 1. The van der Waals surface area contributed by atoms with Crippen molar-refractivity contribution in [3.05, 3.63) is 234 Å². The number of fused-ring (bicyclic) bond motifs is 13. The second kappa shape index (κ2) is 12.6. The minimum absolute atomic E-state index is 0.282. The van der Waals surface area contributed by atoms with Gasteiger partial charge in [0.2, 0.25) is 0 Å². The van der Waals surface area contributed by atoms with Gasteiger partial charge in [-0.25, -0.2) is 0 Å². The summed E-state index contributed by atoms with van der Waals surface area (Å²) in [6.07, 6.45) is 0. The molecule has 1 aromatic heterocycles. The zero-order valence-electron chi connectivity index (χ0n) is 32.8. The molecule has 1 aliphatic heterocycles. The van der Waals surface area contributed by atoms with Crippen molar-refractivity contribution in [2.24, 2.45) is 0 Å². The summed E-state index contributed by atoms with van der Waals surface area (Å²) in [5, 5.41) is 4.49. The van der Waals surface area contributed by atoms with Crippen molar-refractivity contribution in [3.8, 4) is 22.6 Å². The molecule has 3 heteroatoms. The number of ether oxygens (including phenoxy) is 1. The lowest BCUT2D eigenvalue weighted by Gasteiger charge is -2.50. The molecule has 0 saturated carbocycles. The Morgan fingerprint density at radius 3 is 1.83 bits per heavy atom. The maximum atomic E-state index is 7.01. The van der Waals surface area contributed by atoms with E-state index in [-0.39, 0.29) is 5.41 Å². The minimum Gasteiger partial charge on any atom is -0.456 e. The molecule has 3 nitrogen and oxygen atoms in total. The highest BCUT2D eigenvalue weighted by Gasteiger charge is 2.53. The highest BCUT2D eigenvalue weighted by atomic mass is 16.5. The Labute approximate surface area is 343 Å². The number of para-hydroxylation sites is 2. The molecule has 9 aromatic carbocycles. The standard InChI is InChI=1S/C56H39NO2/c1-55(2)45-19-9-10-20-47(45)56(48-21-11-13-23-52(48)59-54-42-17-7-6-16-38(42)26-32-49(54)56)50-34-40(30-33-46(50)55)57(39-27-24-37(25-28-39)36-14-4-3-5-15-36)41-29-31-44-43-18-8-12-22-51(43)58-53(44)35-41/h3-35H,1-2H3. The highest BCUT2D eigenvalue weighted by molar-refractivity contribution is 6.06. The Kier molecular flexibility index (Phi) is 7.19. The first-order valence-corrected chi connectivity index (χ1v) is 20.4. The first-order chi connectivity index (χ1) is 29.0. The monoisotopic (exact) mass is 757 g/mol. The predicted molar refractivity (Wildman–Crippen MR) is 242 cm³/mol. The molecule has 0 bridgehead atoms. The van der Waals surface area contributed by atoms with Crippen LogP contribution in [0.1, 0.15) is 47.2 Å².